The molecule has 0 bridgehead atoms. The van der Waals surface area contributed by atoms with Crippen LogP contribution in [0.15, 0.2) is 24.3 Å². The van der Waals surface area contributed by atoms with Crippen LogP contribution in [0.2, 0.25) is 0 Å². The SMILES string of the molecule is CCC1C(NC)CC1c1ccccc1[N+](=O)[O-]. The molecule has 1 aliphatic rings. The molecule has 92 valence electrons. The smallest absolute Gasteiger partial charge is 0.272 e. The highest BCUT2D eigenvalue weighted by Gasteiger charge is 2.41. The number of hydrogen-bond acceptors (Lipinski definition) is 3. The zero-order valence-corrected chi connectivity index (χ0v) is 10.2. The first-order valence-corrected chi connectivity index (χ1v) is 6.09. The van der Waals surface area contributed by atoms with Crippen LogP contribution >= 0.6 is 0 Å². The van der Waals surface area contributed by atoms with Crippen LogP contribution in [0, 0.1) is 16.0 Å². The van der Waals surface area contributed by atoms with E-state index in [0.717, 1.165) is 18.4 Å². The number of nitro benzene ring substituents is 1. The van der Waals surface area contributed by atoms with Crippen LogP contribution in [0.25, 0.3) is 0 Å². The van der Waals surface area contributed by atoms with E-state index in [-0.39, 0.29) is 10.6 Å². The molecule has 4 nitrogen and oxygen atoms in total. The molecule has 1 saturated carbocycles. The van der Waals surface area contributed by atoms with E-state index in [4.69, 9.17) is 0 Å². The molecular weight excluding hydrogens is 216 g/mol. The fourth-order valence-electron chi connectivity index (χ4n) is 2.93. The van der Waals surface area contributed by atoms with Gasteiger partial charge in [-0.3, -0.25) is 10.1 Å². The monoisotopic (exact) mass is 234 g/mol. The minimum Gasteiger partial charge on any atom is -0.317 e. The van der Waals surface area contributed by atoms with Crippen molar-refractivity contribution in [1.82, 2.24) is 5.32 Å². The number of nitrogens with one attached hydrogen (secondary N) is 1. The van der Waals surface area contributed by atoms with Crippen molar-refractivity contribution in [3.05, 3.63) is 39.9 Å². The molecule has 3 unspecified atom stereocenters. The van der Waals surface area contributed by atoms with Gasteiger partial charge in [0.15, 0.2) is 0 Å². The Kier molecular flexibility index (Phi) is 3.43. The van der Waals surface area contributed by atoms with Crippen LogP contribution in [-0.2, 0) is 0 Å². The van der Waals surface area contributed by atoms with E-state index in [1.54, 1.807) is 12.1 Å². The lowest BCUT2D eigenvalue weighted by atomic mass is 9.64. The van der Waals surface area contributed by atoms with E-state index in [9.17, 15) is 10.1 Å². The van der Waals surface area contributed by atoms with Gasteiger partial charge in [-0.25, -0.2) is 0 Å². The Hall–Kier alpha value is -1.42. The van der Waals surface area contributed by atoms with E-state index >= 15 is 0 Å². The van der Waals surface area contributed by atoms with E-state index in [1.807, 2.05) is 19.2 Å². The lowest BCUT2D eigenvalue weighted by Gasteiger charge is -2.44. The summed E-state index contributed by atoms with van der Waals surface area (Å²) in [6, 6.07) is 7.63. The number of nitro groups is 1. The molecule has 1 fully saturated rings. The van der Waals surface area contributed by atoms with Crippen molar-refractivity contribution >= 4 is 5.69 Å². The first kappa shape index (κ1) is 12.0. The summed E-state index contributed by atoms with van der Waals surface area (Å²) in [6.07, 6.45) is 2.06. The molecule has 17 heavy (non-hydrogen) atoms. The van der Waals surface area contributed by atoms with E-state index < -0.39 is 0 Å². The van der Waals surface area contributed by atoms with Gasteiger partial charge in [-0.05, 0) is 25.3 Å². The average Bonchev–Trinajstić information content (AvgIpc) is 2.29. The van der Waals surface area contributed by atoms with Gasteiger partial charge < -0.3 is 5.32 Å². The minimum absolute atomic E-state index is 0.269. The molecule has 4 heteroatoms. The summed E-state index contributed by atoms with van der Waals surface area (Å²) >= 11 is 0. The molecule has 0 radical (unpaired) electrons. The van der Waals surface area contributed by atoms with Crippen molar-refractivity contribution in [2.24, 2.45) is 5.92 Å². The van der Waals surface area contributed by atoms with E-state index in [2.05, 4.69) is 12.2 Å². The maximum absolute atomic E-state index is 11.0. The summed E-state index contributed by atoms with van der Waals surface area (Å²) in [4.78, 5) is 10.7. The van der Waals surface area contributed by atoms with Crippen LogP contribution in [0.1, 0.15) is 31.2 Å². The van der Waals surface area contributed by atoms with Gasteiger partial charge in [0.05, 0.1) is 4.92 Å². The van der Waals surface area contributed by atoms with Gasteiger partial charge >= 0.3 is 0 Å². The fourth-order valence-corrected chi connectivity index (χ4v) is 2.93. The maximum Gasteiger partial charge on any atom is 0.272 e. The molecule has 0 spiro atoms. The number of para-hydroxylation sites is 1. The van der Waals surface area contributed by atoms with Crippen LogP contribution in [0.3, 0.4) is 0 Å². The predicted molar refractivity (Wildman–Crippen MR) is 67.1 cm³/mol. The summed E-state index contributed by atoms with van der Waals surface area (Å²) in [7, 11) is 1.96. The summed E-state index contributed by atoms with van der Waals surface area (Å²) in [5, 5.41) is 14.3. The second-order valence-corrected chi connectivity index (χ2v) is 4.63. The molecule has 0 aliphatic heterocycles. The lowest BCUT2D eigenvalue weighted by molar-refractivity contribution is -0.386. The highest BCUT2D eigenvalue weighted by atomic mass is 16.6. The third-order valence-electron chi connectivity index (χ3n) is 3.92. The number of hydrogen-bond donors (Lipinski definition) is 1. The van der Waals surface area contributed by atoms with Crippen molar-refractivity contribution in [2.75, 3.05) is 7.05 Å². The Morgan fingerprint density at radius 2 is 2.18 bits per heavy atom. The van der Waals surface area contributed by atoms with Gasteiger partial charge in [0.2, 0.25) is 0 Å². The predicted octanol–water partition coefficient (Wildman–Crippen LogP) is 2.70. The minimum atomic E-state index is -0.269. The summed E-state index contributed by atoms with van der Waals surface area (Å²) in [6.45, 7) is 2.15. The number of benzene rings is 1. The fraction of sp³-hybridized carbons (Fsp3) is 0.538. The quantitative estimate of drug-likeness (QED) is 0.643. The van der Waals surface area contributed by atoms with Gasteiger partial charge in [0.1, 0.15) is 0 Å². The Morgan fingerprint density at radius 3 is 2.76 bits per heavy atom. The molecule has 1 aliphatic carbocycles. The first-order chi connectivity index (χ1) is 8.19. The highest BCUT2D eigenvalue weighted by Crippen LogP contribution is 2.46. The second-order valence-electron chi connectivity index (χ2n) is 4.63. The van der Waals surface area contributed by atoms with E-state index in [1.165, 1.54) is 0 Å². The normalized spacial score (nSPS) is 27.5. The summed E-state index contributed by atoms with van der Waals surface area (Å²) in [5.41, 5.74) is 1.17. The molecule has 0 amide bonds. The van der Waals surface area contributed by atoms with Crippen molar-refractivity contribution in [2.45, 2.75) is 31.7 Å². The maximum atomic E-state index is 11.0. The molecule has 1 aromatic carbocycles. The standard InChI is InChI=1S/C13H18N2O2/c1-3-9-11(8-12(9)14-2)10-6-4-5-7-13(10)15(16)17/h4-7,9,11-12,14H,3,8H2,1-2H3. The highest BCUT2D eigenvalue weighted by molar-refractivity contribution is 5.44. The number of rotatable bonds is 4. The number of nitrogens with zero attached hydrogens (tertiary/aromatic N) is 1. The van der Waals surface area contributed by atoms with Crippen molar-refractivity contribution < 1.29 is 4.92 Å². The molecule has 2 rings (SSSR count). The van der Waals surface area contributed by atoms with Gasteiger partial charge in [-0.15, -0.1) is 0 Å². The van der Waals surface area contributed by atoms with Crippen LogP contribution in [0.5, 0.6) is 0 Å². The zero-order valence-electron chi connectivity index (χ0n) is 10.2. The molecule has 0 aromatic heterocycles. The average molecular weight is 234 g/mol. The molecular formula is C13H18N2O2. The molecule has 1 aromatic rings. The Balaban J connectivity index is 2.27. The zero-order chi connectivity index (χ0) is 12.4. The van der Waals surface area contributed by atoms with Gasteiger partial charge in [0.25, 0.3) is 5.69 Å². The topological polar surface area (TPSA) is 55.2 Å². The summed E-state index contributed by atoms with van der Waals surface area (Å²) in [5.74, 6) is 0.847. The third kappa shape index (κ3) is 2.05. The van der Waals surface area contributed by atoms with Gasteiger partial charge in [0, 0.05) is 17.7 Å². The molecule has 1 N–H and O–H groups in total. The molecule has 3 atom stereocenters. The van der Waals surface area contributed by atoms with Crippen molar-refractivity contribution in [3.63, 3.8) is 0 Å². The molecule has 0 heterocycles. The van der Waals surface area contributed by atoms with Crippen LogP contribution < -0.4 is 5.32 Å². The van der Waals surface area contributed by atoms with Crippen molar-refractivity contribution in [1.29, 1.82) is 0 Å². The Morgan fingerprint density at radius 1 is 1.47 bits per heavy atom. The largest absolute Gasteiger partial charge is 0.317 e. The lowest BCUT2D eigenvalue weighted by Crippen LogP contribution is -2.47. The van der Waals surface area contributed by atoms with E-state index in [0.29, 0.717) is 17.9 Å². The summed E-state index contributed by atoms with van der Waals surface area (Å²) < 4.78 is 0. The van der Waals surface area contributed by atoms with Crippen molar-refractivity contribution in [3.8, 4) is 0 Å². The third-order valence-corrected chi connectivity index (χ3v) is 3.92. The van der Waals surface area contributed by atoms with Gasteiger partial charge in [-0.2, -0.15) is 0 Å². The Bertz CT molecular complexity index is 420. The Labute approximate surface area is 101 Å². The van der Waals surface area contributed by atoms with Gasteiger partial charge in [-0.1, -0.05) is 31.5 Å². The second kappa shape index (κ2) is 4.84. The first-order valence-electron chi connectivity index (χ1n) is 6.09. The van der Waals surface area contributed by atoms with Crippen LogP contribution in [-0.4, -0.2) is 18.0 Å². The molecule has 0 saturated heterocycles. The van der Waals surface area contributed by atoms with Crippen LogP contribution in [0.4, 0.5) is 5.69 Å².